The summed E-state index contributed by atoms with van der Waals surface area (Å²) in [6.45, 7) is 4.63. The van der Waals surface area contributed by atoms with E-state index in [9.17, 15) is 14.7 Å². The fourth-order valence-electron chi connectivity index (χ4n) is 4.02. The van der Waals surface area contributed by atoms with E-state index in [1.807, 2.05) is 12.1 Å². The summed E-state index contributed by atoms with van der Waals surface area (Å²) < 4.78 is 11.3. The first kappa shape index (κ1) is 19.5. The van der Waals surface area contributed by atoms with Crippen LogP contribution in [0, 0.1) is 5.41 Å². The van der Waals surface area contributed by atoms with Gasteiger partial charge in [0, 0.05) is 19.6 Å². The van der Waals surface area contributed by atoms with E-state index in [0.29, 0.717) is 37.4 Å². The van der Waals surface area contributed by atoms with E-state index in [1.54, 1.807) is 38.0 Å². The van der Waals surface area contributed by atoms with Crippen molar-refractivity contribution in [3.05, 3.63) is 24.3 Å². The third kappa shape index (κ3) is 3.60. The Morgan fingerprint density at radius 2 is 2.04 bits per heavy atom. The number of piperidine rings is 2. The molecule has 2 atom stereocenters. The molecule has 1 spiro atoms. The fraction of sp³-hybridized carbons (Fsp3) is 0.600. The average Bonchev–Trinajstić information content (AvgIpc) is 2.65. The fourth-order valence-corrected chi connectivity index (χ4v) is 4.02. The number of hydrogen-bond acceptors (Lipinski definition) is 5. The van der Waals surface area contributed by atoms with Crippen molar-refractivity contribution in [2.24, 2.45) is 5.41 Å². The van der Waals surface area contributed by atoms with E-state index in [-0.39, 0.29) is 18.4 Å². The van der Waals surface area contributed by atoms with Crippen LogP contribution in [0.5, 0.6) is 11.5 Å². The van der Waals surface area contributed by atoms with Gasteiger partial charge in [-0.05, 0) is 45.2 Å². The number of carbonyl (C=O) groups excluding carboxylic acids is 2. The Balaban J connectivity index is 1.78. The zero-order valence-electron chi connectivity index (χ0n) is 16.2. The first-order valence-electron chi connectivity index (χ1n) is 9.38. The van der Waals surface area contributed by atoms with Gasteiger partial charge >= 0.3 is 0 Å². The Labute approximate surface area is 159 Å². The van der Waals surface area contributed by atoms with E-state index in [1.165, 1.54) is 0 Å². The van der Waals surface area contributed by atoms with Gasteiger partial charge in [0.15, 0.2) is 17.1 Å². The van der Waals surface area contributed by atoms with E-state index in [2.05, 4.69) is 5.32 Å². The molecule has 1 aromatic carbocycles. The minimum Gasteiger partial charge on any atom is -0.493 e. The molecule has 7 heteroatoms. The molecule has 0 bridgehead atoms. The van der Waals surface area contributed by atoms with Gasteiger partial charge in [-0.1, -0.05) is 12.1 Å². The number of ether oxygens (including phenoxy) is 2. The number of likely N-dealkylation sites (tertiary alicyclic amines) is 1. The topological polar surface area (TPSA) is 88.1 Å². The number of carbonyl (C=O) groups is 2. The number of nitrogens with one attached hydrogen (secondary N) is 1. The monoisotopic (exact) mass is 376 g/mol. The lowest BCUT2D eigenvalue weighted by molar-refractivity contribution is -0.161. The maximum atomic E-state index is 13.2. The normalized spacial score (nSPS) is 25.9. The van der Waals surface area contributed by atoms with E-state index >= 15 is 0 Å². The number of benzene rings is 1. The summed E-state index contributed by atoms with van der Waals surface area (Å²) in [5.74, 6) is 0.663. The number of hydrogen-bond donors (Lipinski definition) is 2. The molecule has 148 valence electrons. The van der Waals surface area contributed by atoms with Crippen molar-refractivity contribution in [1.29, 1.82) is 0 Å². The molecular formula is C20H28N2O5. The Morgan fingerprint density at radius 3 is 2.70 bits per heavy atom. The quantitative estimate of drug-likeness (QED) is 0.828. The van der Waals surface area contributed by atoms with Crippen LogP contribution in [0.15, 0.2) is 24.3 Å². The summed E-state index contributed by atoms with van der Waals surface area (Å²) in [4.78, 5) is 27.4. The third-order valence-electron chi connectivity index (χ3n) is 5.56. The third-order valence-corrected chi connectivity index (χ3v) is 5.56. The largest absolute Gasteiger partial charge is 0.493 e. The summed E-state index contributed by atoms with van der Waals surface area (Å²) >= 11 is 0. The van der Waals surface area contributed by atoms with Gasteiger partial charge in [-0.2, -0.15) is 0 Å². The van der Waals surface area contributed by atoms with Crippen molar-refractivity contribution >= 4 is 11.8 Å². The molecular weight excluding hydrogens is 348 g/mol. The van der Waals surface area contributed by atoms with Gasteiger partial charge in [0.05, 0.1) is 18.6 Å². The van der Waals surface area contributed by atoms with E-state index in [4.69, 9.17) is 9.47 Å². The van der Waals surface area contributed by atoms with Crippen LogP contribution in [0.4, 0.5) is 0 Å². The lowest BCUT2D eigenvalue weighted by Gasteiger charge is -2.48. The highest BCUT2D eigenvalue weighted by Gasteiger charge is 2.52. The molecule has 2 heterocycles. The smallest absolute Gasteiger partial charge is 0.266 e. The number of nitrogens with zero attached hydrogens (tertiary/aromatic N) is 1. The van der Waals surface area contributed by atoms with Crippen molar-refractivity contribution in [2.75, 3.05) is 26.7 Å². The zero-order chi connectivity index (χ0) is 19.7. The van der Waals surface area contributed by atoms with E-state index < -0.39 is 17.1 Å². The van der Waals surface area contributed by atoms with Gasteiger partial charge < -0.3 is 24.8 Å². The lowest BCUT2D eigenvalue weighted by atomic mass is 9.71. The first-order chi connectivity index (χ1) is 12.8. The molecule has 2 fully saturated rings. The number of amides is 2. The van der Waals surface area contributed by atoms with Crippen LogP contribution >= 0.6 is 0 Å². The molecule has 2 saturated heterocycles. The highest BCUT2D eigenvalue weighted by molar-refractivity contribution is 5.88. The van der Waals surface area contributed by atoms with Crippen molar-refractivity contribution in [2.45, 2.75) is 44.8 Å². The van der Waals surface area contributed by atoms with Crippen LogP contribution in [0.25, 0.3) is 0 Å². The standard InChI is InChI=1S/C20H28N2O5/c1-19(2,27-15-8-5-4-7-14(15)26-3)18(25)22-12-9-16(23)20(13-22)10-6-11-21-17(20)24/h4-5,7-8,16,23H,6,9-13H2,1-3H3,(H,21,24)/t16-,20-/m1/s1. The minimum absolute atomic E-state index is 0.165. The number of aliphatic hydroxyl groups is 1. The molecule has 0 saturated carbocycles. The predicted octanol–water partition coefficient (Wildman–Crippen LogP) is 1.34. The average molecular weight is 376 g/mol. The summed E-state index contributed by atoms with van der Waals surface area (Å²) in [7, 11) is 1.55. The molecule has 0 aromatic heterocycles. The van der Waals surface area contributed by atoms with Gasteiger partial charge in [0.1, 0.15) is 0 Å². The SMILES string of the molecule is COc1ccccc1OC(C)(C)C(=O)N1CC[C@@H](O)[C@@]2(CCCNC2=O)C1. The summed E-state index contributed by atoms with van der Waals surface area (Å²) in [5, 5.41) is 13.4. The van der Waals surface area contributed by atoms with Crippen LogP contribution in [0.2, 0.25) is 0 Å². The molecule has 3 rings (SSSR count). The summed E-state index contributed by atoms with van der Waals surface area (Å²) in [6, 6.07) is 7.17. The molecule has 0 radical (unpaired) electrons. The maximum absolute atomic E-state index is 13.2. The zero-order valence-corrected chi connectivity index (χ0v) is 16.2. The molecule has 1 aromatic rings. The van der Waals surface area contributed by atoms with E-state index in [0.717, 1.165) is 6.42 Å². The number of methoxy groups -OCH3 is 1. The Hall–Kier alpha value is -2.28. The van der Waals surface area contributed by atoms with Crippen molar-refractivity contribution in [3.8, 4) is 11.5 Å². The van der Waals surface area contributed by atoms with Gasteiger partial charge in [-0.3, -0.25) is 9.59 Å². The Morgan fingerprint density at radius 1 is 1.33 bits per heavy atom. The maximum Gasteiger partial charge on any atom is 0.266 e. The van der Waals surface area contributed by atoms with Crippen LogP contribution in [0.3, 0.4) is 0 Å². The molecule has 7 nitrogen and oxygen atoms in total. The van der Waals surface area contributed by atoms with Crippen molar-refractivity contribution < 1.29 is 24.2 Å². The van der Waals surface area contributed by atoms with Gasteiger partial charge in [0.25, 0.3) is 5.91 Å². The van der Waals surface area contributed by atoms with Gasteiger partial charge in [-0.15, -0.1) is 0 Å². The Kier molecular flexibility index (Phi) is 5.33. The molecule has 27 heavy (non-hydrogen) atoms. The summed E-state index contributed by atoms with van der Waals surface area (Å²) in [6.07, 6.45) is 1.02. The molecule has 2 N–H and O–H groups in total. The molecule has 2 aliphatic heterocycles. The van der Waals surface area contributed by atoms with Crippen molar-refractivity contribution in [1.82, 2.24) is 10.2 Å². The molecule has 0 aliphatic carbocycles. The van der Waals surface area contributed by atoms with Crippen LogP contribution in [0.1, 0.15) is 33.1 Å². The predicted molar refractivity (Wildman–Crippen MR) is 99.6 cm³/mol. The second kappa shape index (κ2) is 7.38. The number of rotatable bonds is 4. The highest BCUT2D eigenvalue weighted by atomic mass is 16.5. The summed E-state index contributed by atoms with van der Waals surface area (Å²) in [5.41, 5.74) is -2.06. The first-order valence-corrected chi connectivity index (χ1v) is 9.38. The molecule has 2 aliphatic rings. The molecule has 0 unspecified atom stereocenters. The highest BCUT2D eigenvalue weighted by Crippen LogP contribution is 2.38. The molecule has 2 amide bonds. The van der Waals surface area contributed by atoms with Gasteiger partial charge in [-0.25, -0.2) is 0 Å². The van der Waals surface area contributed by atoms with Crippen LogP contribution < -0.4 is 14.8 Å². The number of aliphatic hydroxyl groups excluding tert-OH is 1. The second-order valence-corrected chi connectivity index (χ2v) is 7.81. The lowest BCUT2D eigenvalue weighted by Crippen LogP contribution is -2.64. The van der Waals surface area contributed by atoms with Crippen LogP contribution in [-0.2, 0) is 9.59 Å². The Bertz CT molecular complexity index is 720. The number of para-hydroxylation sites is 2. The minimum atomic E-state index is -1.14. The van der Waals surface area contributed by atoms with Crippen molar-refractivity contribution in [3.63, 3.8) is 0 Å². The second-order valence-electron chi connectivity index (χ2n) is 7.81. The van der Waals surface area contributed by atoms with Gasteiger partial charge in [0.2, 0.25) is 5.91 Å². The van der Waals surface area contributed by atoms with Crippen LogP contribution in [-0.4, -0.2) is 60.3 Å².